The second kappa shape index (κ2) is 9.90. The SMILES string of the molecule is C/C(=C/C(=O)Nc1ccc(S[C@H](C)C(=O)Nc2cnc3ccccc3c2)cc1)C(=O)O. The summed E-state index contributed by atoms with van der Waals surface area (Å²) in [6.07, 6.45) is 2.66. The van der Waals surface area contributed by atoms with Crippen molar-refractivity contribution < 1.29 is 19.5 Å². The number of nitrogens with one attached hydrogen (secondary N) is 2. The van der Waals surface area contributed by atoms with E-state index in [9.17, 15) is 14.4 Å². The quantitative estimate of drug-likeness (QED) is 0.377. The maximum atomic E-state index is 12.6. The van der Waals surface area contributed by atoms with Gasteiger partial charge in [-0.2, -0.15) is 0 Å². The molecule has 158 valence electrons. The minimum absolute atomic E-state index is 0.0499. The average Bonchev–Trinajstić information content (AvgIpc) is 2.74. The number of hydrogen-bond acceptors (Lipinski definition) is 5. The summed E-state index contributed by atoms with van der Waals surface area (Å²) < 4.78 is 0. The Kier molecular flexibility index (Phi) is 7.04. The number of para-hydroxylation sites is 1. The van der Waals surface area contributed by atoms with Crippen LogP contribution < -0.4 is 10.6 Å². The Morgan fingerprint density at radius 3 is 2.45 bits per heavy atom. The fourth-order valence-corrected chi connectivity index (χ4v) is 3.56. The Balaban J connectivity index is 1.57. The number of carbonyl (C=O) groups excluding carboxylic acids is 2. The molecule has 1 aromatic heterocycles. The predicted octanol–water partition coefficient (Wildman–Crippen LogP) is 4.32. The highest BCUT2D eigenvalue weighted by Crippen LogP contribution is 2.26. The molecule has 7 nitrogen and oxygen atoms in total. The minimum atomic E-state index is -1.14. The monoisotopic (exact) mass is 435 g/mol. The summed E-state index contributed by atoms with van der Waals surface area (Å²) in [7, 11) is 0. The molecule has 3 N–H and O–H groups in total. The van der Waals surface area contributed by atoms with Gasteiger partial charge < -0.3 is 15.7 Å². The number of fused-ring (bicyclic) bond motifs is 1. The molecule has 0 bridgehead atoms. The molecule has 1 heterocycles. The second-order valence-corrected chi connectivity index (χ2v) is 8.23. The van der Waals surface area contributed by atoms with E-state index in [1.54, 1.807) is 30.5 Å². The maximum absolute atomic E-state index is 12.6. The van der Waals surface area contributed by atoms with Gasteiger partial charge >= 0.3 is 5.97 Å². The van der Waals surface area contributed by atoms with Crippen LogP contribution in [-0.4, -0.2) is 33.1 Å². The molecule has 0 aliphatic carbocycles. The van der Waals surface area contributed by atoms with Gasteiger partial charge in [-0.1, -0.05) is 18.2 Å². The zero-order chi connectivity index (χ0) is 22.4. The molecule has 0 radical (unpaired) electrons. The van der Waals surface area contributed by atoms with Gasteiger partial charge in [0, 0.05) is 27.6 Å². The van der Waals surface area contributed by atoms with Crippen molar-refractivity contribution in [3.63, 3.8) is 0 Å². The minimum Gasteiger partial charge on any atom is -0.478 e. The van der Waals surface area contributed by atoms with Gasteiger partial charge in [-0.25, -0.2) is 4.79 Å². The van der Waals surface area contributed by atoms with E-state index >= 15 is 0 Å². The van der Waals surface area contributed by atoms with Crippen LogP contribution >= 0.6 is 11.8 Å². The van der Waals surface area contributed by atoms with Crippen LogP contribution in [0.3, 0.4) is 0 Å². The number of amides is 2. The molecule has 0 aliphatic rings. The molecule has 0 saturated heterocycles. The number of carbonyl (C=O) groups is 3. The molecule has 0 spiro atoms. The zero-order valence-electron chi connectivity index (χ0n) is 17.0. The lowest BCUT2D eigenvalue weighted by Crippen LogP contribution is -2.22. The van der Waals surface area contributed by atoms with Gasteiger partial charge in [-0.3, -0.25) is 14.6 Å². The largest absolute Gasteiger partial charge is 0.478 e. The Bertz CT molecular complexity index is 1160. The van der Waals surface area contributed by atoms with Crippen molar-refractivity contribution in [1.29, 1.82) is 0 Å². The van der Waals surface area contributed by atoms with E-state index in [4.69, 9.17) is 5.11 Å². The topological polar surface area (TPSA) is 108 Å². The van der Waals surface area contributed by atoms with Crippen LogP contribution in [0, 0.1) is 0 Å². The second-order valence-electron chi connectivity index (χ2n) is 6.81. The van der Waals surface area contributed by atoms with E-state index in [1.165, 1.54) is 18.7 Å². The number of nitrogens with zero attached hydrogens (tertiary/aromatic N) is 1. The van der Waals surface area contributed by atoms with Crippen LogP contribution in [0.2, 0.25) is 0 Å². The van der Waals surface area contributed by atoms with Crippen LogP contribution in [0.25, 0.3) is 10.9 Å². The summed E-state index contributed by atoms with van der Waals surface area (Å²) >= 11 is 1.38. The number of pyridine rings is 1. The molecule has 31 heavy (non-hydrogen) atoms. The van der Waals surface area contributed by atoms with Crippen molar-refractivity contribution >= 4 is 51.8 Å². The van der Waals surface area contributed by atoms with Gasteiger partial charge in [0.15, 0.2) is 0 Å². The summed E-state index contributed by atoms with van der Waals surface area (Å²) in [6, 6.07) is 16.5. The van der Waals surface area contributed by atoms with Gasteiger partial charge in [0.2, 0.25) is 11.8 Å². The highest BCUT2D eigenvalue weighted by atomic mass is 32.2. The lowest BCUT2D eigenvalue weighted by Gasteiger charge is -2.13. The molecule has 3 rings (SSSR count). The summed E-state index contributed by atoms with van der Waals surface area (Å²) in [6.45, 7) is 3.16. The Hall–Kier alpha value is -3.65. The predicted molar refractivity (Wildman–Crippen MR) is 122 cm³/mol. The number of aliphatic carboxylic acids is 1. The number of thioether (sulfide) groups is 1. The third-order valence-electron chi connectivity index (χ3n) is 4.35. The molecule has 3 aromatic rings. The van der Waals surface area contributed by atoms with E-state index in [0.29, 0.717) is 11.4 Å². The van der Waals surface area contributed by atoms with Gasteiger partial charge in [0.25, 0.3) is 0 Å². The fourth-order valence-electron chi connectivity index (χ4n) is 2.69. The van der Waals surface area contributed by atoms with E-state index < -0.39 is 11.9 Å². The summed E-state index contributed by atoms with van der Waals surface area (Å²) in [5.41, 5.74) is 1.98. The van der Waals surface area contributed by atoms with Crippen molar-refractivity contribution in [2.75, 3.05) is 10.6 Å². The van der Waals surface area contributed by atoms with Crippen LogP contribution in [0.15, 0.2) is 77.3 Å². The smallest absolute Gasteiger partial charge is 0.331 e. The molecule has 2 aromatic carbocycles. The van der Waals surface area contributed by atoms with Gasteiger partial charge in [0.05, 0.1) is 22.7 Å². The van der Waals surface area contributed by atoms with Crippen molar-refractivity contribution in [3.8, 4) is 0 Å². The van der Waals surface area contributed by atoms with E-state index in [-0.39, 0.29) is 16.7 Å². The highest BCUT2D eigenvalue weighted by molar-refractivity contribution is 8.00. The lowest BCUT2D eigenvalue weighted by atomic mass is 10.2. The van der Waals surface area contributed by atoms with Crippen LogP contribution in [-0.2, 0) is 14.4 Å². The first kappa shape index (κ1) is 22.0. The molecule has 0 fully saturated rings. The normalized spacial score (nSPS) is 12.3. The summed E-state index contributed by atoms with van der Waals surface area (Å²) in [5, 5.41) is 14.9. The Morgan fingerprint density at radius 2 is 1.74 bits per heavy atom. The summed E-state index contributed by atoms with van der Waals surface area (Å²) in [5.74, 6) is -1.81. The van der Waals surface area contributed by atoms with Gasteiger partial charge in [0.1, 0.15) is 0 Å². The van der Waals surface area contributed by atoms with E-state index in [0.717, 1.165) is 21.9 Å². The number of hydrogen-bond donors (Lipinski definition) is 3. The molecular weight excluding hydrogens is 414 g/mol. The molecule has 0 unspecified atom stereocenters. The first-order chi connectivity index (χ1) is 14.8. The summed E-state index contributed by atoms with van der Waals surface area (Å²) in [4.78, 5) is 40.3. The van der Waals surface area contributed by atoms with Crippen molar-refractivity contribution in [3.05, 3.63) is 72.4 Å². The highest BCUT2D eigenvalue weighted by Gasteiger charge is 2.15. The van der Waals surface area contributed by atoms with Crippen LogP contribution in [0.4, 0.5) is 11.4 Å². The van der Waals surface area contributed by atoms with Crippen LogP contribution in [0.5, 0.6) is 0 Å². The number of benzene rings is 2. The van der Waals surface area contributed by atoms with Crippen molar-refractivity contribution in [2.45, 2.75) is 24.0 Å². The third kappa shape index (κ3) is 6.16. The lowest BCUT2D eigenvalue weighted by molar-refractivity contribution is -0.132. The molecule has 8 heteroatoms. The van der Waals surface area contributed by atoms with Crippen molar-refractivity contribution in [2.24, 2.45) is 0 Å². The first-order valence-corrected chi connectivity index (χ1v) is 10.3. The number of anilines is 2. The number of carboxylic acids is 1. The van der Waals surface area contributed by atoms with Gasteiger partial charge in [-0.15, -0.1) is 11.8 Å². The van der Waals surface area contributed by atoms with E-state index in [1.807, 2.05) is 37.3 Å². The van der Waals surface area contributed by atoms with Crippen molar-refractivity contribution in [1.82, 2.24) is 4.98 Å². The Morgan fingerprint density at radius 1 is 1.03 bits per heavy atom. The average molecular weight is 436 g/mol. The third-order valence-corrected chi connectivity index (χ3v) is 5.46. The molecule has 0 saturated carbocycles. The standard InChI is InChI=1S/C23H21N3O4S/c1-14(23(29)30)11-21(27)25-17-7-9-19(10-8-17)31-15(2)22(28)26-18-12-16-5-3-4-6-20(16)24-13-18/h3-13,15H,1-2H3,(H,25,27)(H,26,28)(H,29,30)/b14-11-/t15-/m1/s1. The molecule has 1 atom stereocenters. The Labute approximate surface area is 183 Å². The number of aromatic nitrogens is 1. The maximum Gasteiger partial charge on any atom is 0.331 e. The van der Waals surface area contributed by atoms with E-state index in [2.05, 4.69) is 15.6 Å². The van der Waals surface area contributed by atoms with Gasteiger partial charge in [-0.05, 0) is 50.2 Å². The molecule has 0 aliphatic heterocycles. The van der Waals surface area contributed by atoms with Crippen LogP contribution in [0.1, 0.15) is 13.8 Å². The molecular formula is C23H21N3O4S. The number of carboxylic acid groups (broad SMARTS) is 1. The zero-order valence-corrected chi connectivity index (χ0v) is 17.8. The number of rotatable bonds is 7. The first-order valence-electron chi connectivity index (χ1n) is 9.47. The molecule has 2 amide bonds. The fraction of sp³-hybridized carbons (Fsp3) is 0.130.